The second kappa shape index (κ2) is 16.7. The zero-order chi connectivity index (χ0) is 44.5. The summed E-state index contributed by atoms with van der Waals surface area (Å²) in [4.78, 5) is 40.1. The van der Waals surface area contributed by atoms with Crippen LogP contribution in [0.5, 0.6) is 0 Å². The van der Waals surface area contributed by atoms with E-state index in [1.165, 1.54) is 19.0 Å². The van der Waals surface area contributed by atoms with Crippen LogP contribution in [-0.2, 0) is 32.2 Å². The van der Waals surface area contributed by atoms with Gasteiger partial charge in [0.25, 0.3) is 5.56 Å². The quantitative estimate of drug-likeness (QED) is 0.101. The number of esters is 1. The van der Waals surface area contributed by atoms with E-state index in [2.05, 4.69) is 69.8 Å². The van der Waals surface area contributed by atoms with E-state index in [0.717, 1.165) is 87.7 Å². The number of aryl methyl sites for hydroxylation is 1. The fourth-order valence-electron chi connectivity index (χ4n) is 14.2. The summed E-state index contributed by atoms with van der Waals surface area (Å²) in [6, 6.07) is 1.14. The van der Waals surface area contributed by atoms with Crippen molar-refractivity contribution in [2.24, 2.45) is 50.2 Å². The number of nitrogens with zero attached hydrogens (tertiary/aromatic N) is 4. The molecule has 12 atom stereocenters. The van der Waals surface area contributed by atoms with Crippen LogP contribution in [0.4, 0.5) is 0 Å². The number of allylic oxidation sites excluding steroid dienone is 2. The number of unbranched alkanes of at least 4 members (excludes halogenated alkanes) is 3. The summed E-state index contributed by atoms with van der Waals surface area (Å²) < 4.78 is 20.5. The molecule has 344 valence electrons. The molecule has 2 aromatic rings. The third kappa shape index (κ3) is 7.68. The molecule has 0 bridgehead atoms. The van der Waals surface area contributed by atoms with Gasteiger partial charge in [-0.25, -0.2) is 4.79 Å². The molecule has 0 spiro atoms. The van der Waals surface area contributed by atoms with Crippen molar-refractivity contribution in [1.29, 1.82) is 0 Å². The topological polar surface area (TPSA) is 191 Å². The highest BCUT2D eigenvalue weighted by Crippen LogP contribution is 2.75. The van der Waals surface area contributed by atoms with E-state index in [1.54, 1.807) is 10.3 Å². The van der Waals surface area contributed by atoms with Crippen LogP contribution in [-0.4, -0.2) is 83.5 Å². The Morgan fingerprint density at radius 1 is 0.919 bits per heavy atom. The SMILES string of the molecule is CC1(C)CC[C@]2(C(=O)OCCCCCCn3cc(COC[C@H]4O[C@@H](n5ccc(=O)[nH]c5=O)[C@H](O)[C@@H]4O)nn3)CC[C@]3(C)C(=CCC4[C@@]5(C)CC[C@H](O)C(C)(C)C5CC[C@]43C)[C@@H]2C1. The molecular formula is C48H73N5O9. The van der Waals surface area contributed by atoms with Crippen LogP contribution in [0.2, 0.25) is 0 Å². The molecule has 5 aliphatic carbocycles. The molecule has 0 aromatic carbocycles. The lowest BCUT2D eigenvalue weighted by Crippen LogP contribution is -2.65. The number of nitrogens with one attached hydrogen (secondary N) is 1. The first-order chi connectivity index (χ1) is 29.3. The summed E-state index contributed by atoms with van der Waals surface area (Å²) in [5, 5.41) is 40.5. The Bertz CT molecular complexity index is 2110. The number of hydrogen-bond donors (Lipinski definition) is 4. The van der Waals surface area contributed by atoms with E-state index in [1.807, 2.05) is 6.20 Å². The van der Waals surface area contributed by atoms with Crippen molar-refractivity contribution in [1.82, 2.24) is 24.5 Å². The Hall–Kier alpha value is -3.17. The number of aliphatic hydroxyl groups is 3. The molecule has 4 saturated carbocycles. The standard InChI is InChI=1S/C48H73N5O9/c1-43(2)19-21-48(22-20-46(6)31(32(48)26-43)12-13-35-45(5)17-15-36(54)44(3,4)34(45)14-18-47(35,46)7)41(58)61-25-11-9-8-10-23-52-27-30(50-51-52)28-60-29-33-38(56)39(57)40(62-33)53-24-16-37(55)49-42(53)59/h12,16,24,27,32-36,38-40,54,56-57H,8-11,13-15,17-23,25-26,28-29H2,1-7H3,(H,49,55,59)/t32-,33+,34?,35?,36-,38+,39+,40+,45-,46+,47+,48-/m0/s1. The average molecular weight is 864 g/mol. The molecule has 8 rings (SSSR count). The first kappa shape index (κ1) is 45.4. The highest BCUT2D eigenvalue weighted by atomic mass is 16.6. The Kier molecular flexibility index (Phi) is 12.2. The second-order valence-corrected chi connectivity index (χ2v) is 22.3. The van der Waals surface area contributed by atoms with Gasteiger partial charge in [-0.05, 0) is 128 Å². The molecule has 1 saturated heterocycles. The largest absolute Gasteiger partial charge is 0.465 e. The zero-order valence-electron chi connectivity index (χ0n) is 38.2. The Morgan fingerprint density at radius 3 is 2.45 bits per heavy atom. The summed E-state index contributed by atoms with van der Waals surface area (Å²) in [6.07, 6.45) is 14.6. The molecule has 62 heavy (non-hydrogen) atoms. The maximum absolute atomic E-state index is 14.4. The molecule has 2 unspecified atom stereocenters. The number of hydrogen-bond acceptors (Lipinski definition) is 11. The molecule has 3 heterocycles. The minimum atomic E-state index is -1.38. The van der Waals surface area contributed by atoms with Crippen LogP contribution in [0, 0.1) is 50.2 Å². The van der Waals surface area contributed by atoms with Gasteiger partial charge in [-0.1, -0.05) is 71.7 Å². The summed E-state index contributed by atoms with van der Waals surface area (Å²) >= 11 is 0. The van der Waals surface area contributed by atoms with E-state index in [-0.39, 0.29) is 58.3 Å². The fourth-order valence-corrected chi connectivity index (χ4v) is 14.2. The van der Waals surface area contributed by atoms with Crippen molar-refractivity contribution in [2.45, 2.75) is 182 Å². The van der Waals surface area contributed by atoms with E-state index in [9.17, 15) is 29.7 Å². The summed E-state index contributed by atoms with van der Waals surface area (Å²) in [6.45, 7) is 18.3. The maximum atomic E-state index is 14.4. The lowest BCUT2D eigenvalue weighted by molar-refractivity contribution is -0.206. The molecule has 4 N–H and O–H groups in total. The minimum Gasteiger partial charge on any atom is -0.465 e. The highest BCUT2D eigenvalue weighted by molar-refractivity contribution is 5.78. The third-order valence-corrected chi connectivity index (χ3v) is 18.1. The van der Waals surface area contributed by atoms with Crippen molar-refractivity contribution < 1.29 is 34.3 Å². The first-order valence-electron chi connectivity index (χ1n) is 23.6. The van der Waals surface area contributed by atoms with Crippen molar-refractivity contribution in [2.75, 3.05) is 13.2 Å². The van der Waals surface area contributed by atoms with Crippen LogP contribution in [0.1, 0.15) is 150 Å². The van der Waals surface area contributed by atoms with Crippen molar-refractivity contribution in [3.63, 3.8) is 0 Å². The summed E-state index contributed by atoms with van der Waals surface area (Å²) in [5.74, 6) is 1.33. The monoisotopic (exact) mass is 864 g/mol. The number of H-pyrrole nitrogens is 1. The van der Waals surface area contributed by atoms with Gasteiger partial charge in [-0.15, -0.1) is 5.10 Å². The zero-order valence-corrected chi connectivity index (χ0v) is 38.2. The smallest absolute Gasteiger partial charge is 0.330 e. The van der Waals surface area contributed by atoms with Gasteiger partial charge in [0.05, 0.1) is 37.5 Å². The van der Waals surface area contributed by atoms with Crippen LogP contribution in [0.15, 0.2) is 39.7 Å². The maximum Gasteiger partial charge on any atom is 0.330 e. The Balaban J connectivity index is 0.806. The molecule has 14 heteroatoms. The number of rotatable bonds is 13. The van der Waals surface area contributed by atoms with Gasteiger partial charge in [0.15, 0.2) is 6.23 Å². The number of aromatic amines is 1. The highest BCUT2D eigenvalue weighted by Gasteiger charge is 2.69. The van der Waals surface area contributed by atoms with Gasteiger partial charge >= 0.3 is 11.7 Å². The molecule has 1 aliphatic heterocycles. The van der Waals surface area contributed by atoms with Crippen molar-refractivity contribution in [3.05, 3.63) is 56.6 Å². The molecule has 0 amide bonds. The fraction of sp³-hybridized carbons (Fsp3) is 0.812. The van der Waals surface area contributed by atoms with Gasteiger partial charge in [0.1, 0.15) is 24.0 Å². The number of fused-ring (bicyclic) bond motifs is 7. The van der Waals surface area contributed by atoms with E-state index in [0.29, 0.717) is 30.7 Å². The summed E-state index contributed by atoms with van der Waals surface area (Å²) in [7, 11) is 0. The van der Waals surface area contributed by atoms with Crippen LogP contribution < -0.4 is 11.2 Å². The lowest BCUT2D eigenvalue weighted by Gasteiger charge is -2.71. The van der Waals surface area contributed by atoms with Crippen molar-refractivity contribution in [3.8, 4) is 0 Å². The minimum absolute atomic E-state index is 0.0264. The van der Waals surface area contributed by atoms with E-state index >= 15 is 0 Å². The number of ether oxygens (including phenoxy) is 3. The third-order valence-electron chi connectivity index (χ3n) is 18.1. The van der Waals surface area contributed by atoms with Gasteiger partial charge in [0.2, 0.25) is 0 Å². The Labute approximate surface area is 366 Å². The van der Waals surface area contributed by atoms with Gasteiger partial charge in [-0.3, -0.25) is 23.8 Å². The number of carbonyl (C=O) groups is 1. The van der Waals surface area contributed by atoms with Gasteiger partial charge in [0, 0.05) is 18.8 Å². The predicted molar refractivity (Wildman–Crippen MR) is 231 cm³/mol. The number of aromatic nitrogens is 5. The number of carbonyl (C=O) groups excluding carboxylic acids is 1. The molecule has 0 radical (unpaired) electrons. The average Bonchev–Trinajstić information content (AvgIpc) is 3.78. The molecule has 6 aliphatic rings. The molecule has 14 nitrogen and oxygen atoms in total. The molecule has 2 aromatic heterocycles. The van der Waals surface area contributed by atoms with Crippen molar-refractivity contribution >= 4 is 5.97 Å². The van der Waals surface area contributed by atoms with Crippen LogP contribution in [0.3, 0.4) is 0 Å². The molecule has 5 fully saturated rings. The second-order valence-electron chi connectivity index (χ2n) is 22.3. The number of aliphatic hydroxyl groups excluding tert-OH is 3. The summed E-state index contributed by atoms with van der Waals surface area (Å²) in [5.41, 5.74) is 0.907. The molecular weight excluding hydrogens is 791 g/mol. The predicted octanol–water partition coefficient (Wildman–Crippen LogP) is 6.23. The van der Waals surface area contributed by atoms with Gasteiger partial charge in [-0.2, -0.15) is 0 Å². The Morgan fingerprint density at radius 2 is 1.68 bits per heavy atom. The van der Waals surface area contributed by atoms with E-state index in [4.69, 9.17) is 14.2 Å². The van der Waals surface area contributed by atoms with Gasteiger partial charge < -0.3 is 29.5 Å². The van der Waals surface area contributed by atoms with E-state index < -0.39 is 41.2 Å². The first-order valence-corrected chi connectivity index (χ1v) is 23.6. The normalized spacial score (nSPS) is 39.5. The lowest BCUT2D eigenvalue weighted by atomic mass is 9.33. The van der Waals surface area contributed by atoms with Crippen LogP contribution in [0.25, 0.3) is 0 Å². The van der Waals surface area contributed by atoms with Crippen LogP contribution >= 0.6 is 0 Å².